The zero-order valence-corrected chi connectivity index (χ0v) is 17.3. The van der Waals surface area contributed by atoms with Gasteiger partial charge in [-0.1, -0.05) is 6.07 Å². The highest BCUT2D eigenvalue weighted by Gasteiger charge is 2.41. The van der Waals surface area contributed by atoms with Crippen molar-refractivity contribution in [3.63, 3.8) is 0 Å². The van der Waals surface area contributed by atoms with Gasteiger partial charge in [0.15, 0.2) is 5.11 Å². The maximum atomic E-state index is 13.3. The number of hydrogen-bond donors (Lipinski definition) is 1. The molecule has 1 aromatic carbocycles. The summed E-state index contributed by atoms with van der Waals surface area (Å²) in [4.78, 5) is 10.8. The van der Waals surface area contributed by atoms with E-state index in [1.54, 1.807) is 30.7 Å². The summed E-state index contributed by atoms with van der Waals surface area (Å²) in [5.74, 6) is 1.16. The summed E-state index contributed by atoms with van der Waals surface area (Å²) in [5.41, 5.74) is 2.79. The molecule has 5 rings (SSSR count). The average Bonchev–Trinajstić information content (AvgIpc) is 3.41. The van der Waals surface area contributed by atoms with Gasteiger partial charge < -0.3 is 14.6 Å². The molecule has 1 aliphatic heterocycles. The molecule has 1 saturated heterocycles. The SMILES string of the molecule is Fc1ccc(-c2ccc([C@H]3[C@H](c4ccccn4)NC(=S)N3Cc3ccncc3)o2)cc1. The topological polar surface area (TPSA) is 54.2 Å². The Hall–Kier alpha value is -3.58. The molecule has 4 heterocycles. The predicted octanol–water partition coefficient (Wildman–Crippen LogP) is 5.05. The van der Waals surface area contributed by atoms with Crippen LogP contribution in [0.5, 0.6) is 0 Å². The highest BCUT2D eigenvalue weighted by atomic mass is 32.1. The number of hydrogen-bond acceptors (Lipinski definition) is 4. The number of rotatable bonds is 5. The average molecular weight is 431 g/mol. The molecule has 7 heteroatoms. The van der Waals surface area contributed by atoms with Crippen LogP contribution in [0.2, 0.25) is 0 Å². The van der Waals surface area contributed by atoms with Crippen LogP contribution in [0.25, 0.3) is 11.3 Å². The second kappa shape index (κ2) is 8.28. The van der Waals surface area contributed by atoms with Crippen molar-refractivity contribution < 1.29 is 8.81 Å². The largest absolute Gasteiger partial charge is 0.459 e. The molecule has 0 radical (unpaired) electrons. The minimum absolute atomic E-state index is 0.164. The third kappa shape index (κ3) is 3.92. The molecule has 154 valence electrons. The fourth-order valence-electron chi connectivity index (χ4n) is 3.85. The van der Waals surface area contributed by atoms with Crippen LogP contribution in [0, 0.1) is 5.82 Å². The molecular formula is C24H19FN4OS. The van der Waals surface area contributed by atoms with Crippen molar-refractivity contribution in [2.75, 3.05) is 0 Å². The Labute approximate surface area is 184 Å². The van der Waals surface area contributed by atoms with Gasteiger partial charge in [0.25, 0.3) is 0 Å². The molecule has 2 atom stereocenters. The zero-order valence-electron chi connectivity index (χ0n) is 16.5. The maximum Gasteiger partial charge on any atom is 0.170 e. The Kier molecular flexibility index (Phi) is 5.18. The first kappa shape index (κ1) is 19.4. The Morgan fingerprint density at radius 2 is 1.77 bits per heavy atom. The van der Waals surface area contributed by atoms with Crippen LogP contribution in [0.1, 0.15) is 29.1 Å². The second-order valence-corrected chi connectivity index (χ2v) is 7.71. The van der Waals surface area contributed by atoms with E-state index in [1.807, 2.05) is 42.5 Å². The minimum Gasteiger partial charge on any atom is -0.459 e. The van der Waals surface area contributed by atoms with Crippen molar-refractivity contribution in [3.05, 3.63) is 108 Å². The smallest absolute Gasteiger partial charge is 0.170 e. The third-order valence-corrected chi connectivity index (χ3v) is 5.70. The Balaban J connectivity index is 1.53. The monoisotopic (exact) mass is 430 g/mol. The highest BCUT2D eigenvalue weighted by molar-refractivity contribution is 7.80. The summed E-state index contributed by atoms with van der Waals surface area (Å²) in [6.07, 6.45) is 5.31. The second-order valence-electron chi connectivity index (χ2n) is 7.32. The van der Waals surface area contributed by atoms with E-state index in [4.69, 9.17) is 16.6 Å². The summed E-state index contributed by atoms with van der Waals surface area (Å²) in [6, 6.07) is 19.5. The first-order chi connectivity index (χ1) is 15.2. The molecule has 0 aliphatic carbocycles. The van der Waals surface area contributed by atoms with E-state index in [1.165, 1.54) is 12.1 Å². The number of nitrogens with zero attached hydrogens (tertiary/aromatic N) is 3. The van der Waals surface area contributed by atoms with Crippen molar-refractivity contribution in [1.82, 2.24) is 20.2 Å². The van der Waals surface area contributed by atoms with E-state index < -0.39 is 0 Å². The van der Waals surface area contributed by atoms with Gasteiger partial charge in [0.2, 0.25) is 0 Å². The molecule has 5 nitrogen and oxygen atoms in total. The number of pyridine rings is 2. The quantitative estimate of drug-likeness (QED) is 0.447. The Bertz CT molecular complexity index is 1180. The van der Waals surface area contributed by atoms with Gasteiger partial charge in [-0.25, -0.2) is 4.39 Å². The summed E-state index contributed by atoms with van der Waals surface area (Å²) >= 11 is 5.70. The standard InChI is InChI=1S/C24H19FN4OS/c25-18-6-4-17(5-7-18)20-8-9-21(30-20)23-22(19-3-1-2-12-27-19)28-24(31)29(23)15-16-10-13-26-14-11-16/h1-14,22-23H,15H2,(H,28,31)/t22-,23-/m0/s1. The van der Waals surface area contributed by atoms with Crippen molar-refractivity contribution in [3.8, 4) is 11.3 Å². The van der Waals surface area contributed by atoms with E-state index in [0.29, 0.717) is 17.4 Å². The summed E-state index contributed by atoms with van der Waals surface area (Å²) in [6.45, 7) is 0.606. The van der Waals surface area contributed by atoms with E-state index >= 15 is 0 Å². The number of furan rings is 1. The molecule has 3 aromatic heterocycles. The van der Waals surface area contributed by atoms with Gasteiger partial charge in [0.1, 0.15) is 23.4 Å². The summed E-state index contributed by atoms with van der Waals surface area (Å²) in [7, 11) is 0. The fraction of sp³-hybridized carbons (Fsp3) is 0.125. The fourth-order valence-corrected chi connectivity index (χ4v) is 4.16. The van der Waals surface area contributed by atoms with Gasteiger partial charge in [-0.05, 0) is 78.4 Å². The lowest BCUT2D eigenvalue weighted by atomic mass is 10.0. The van der Waals surface area contributed by atoms with Crippen LogP contribution in [0.4, 0.5) is 4.39 Å². The van der Waals surface area contributed by atoms with Crippen molar-refractivity contribution >= 4 is 17.3 Å². The summed E-state index contributed by atoms with van der Waals surface area (Å²) < 4.78 is 19.6. The van der Waals surface area contributed by atoms with Crippen LogP contribution >= 0.6 is 12.2 Å². The number of thiocarbonyl (C=S) groups is 1. The van der Waals surface area contributed by atoms with Crippen molar-refractivity contribution in [2.45, 2.75) is 18.6 Å². The van der Waals surface area contributed by atoms with E-state index in [2.05, 4.69) is 20.2 Å². The lowest BCUT2D eigenvalue weighted by Crippen LogP contribution is -2.29. The number of nitrogens with one attached hydrogen (secondary N) is 1. The van der Waals surface area contributed by atoms with E-state index in [9.17, 15) is 4.39 Å². The first-order valence-electron chi connectivity index (χ1n) is 9.92. The van der Waals surface area contributed by atoms with Crippen LogP contribution in [0.3, 0.4) is 0 Å². The van der Waals surface area contributed by atoms with Crippen LogP contribution in [0.15, 0.2) is 89.7 Å². The van der Waals surface area contributed by atoms with Gasteiger partial charge >= 0.3 is 0 Å². The van der Waals surface area contributed by atoms with Crippen molar-refractivity contribution in [2.24, 2.45) is 0 Å². The minimum atomic E-state index is -0.278. The molecule has 1 N–H and O–H groups in total. The van der Waals surface area contributed by atoms with Gasteiger partial charge in [0.05, 0.1) is 11.7 Å². The highest BCUT2D eigenvalue weighted by Crippen LogP contribution is 2.41. The molecule has 0 unspecified atom stereocenters. The molecule has 0 saturated carbocycles. The third-order valence-electron chi connectivity index (χ3n) is 5.35. The number of benzene rings is 1. The molecule has 31 heavy (non-hydrogen) atoms. The zero-order chi connectivity index (χ0) is 21.2. The van der Waals surface area contributed by atoms with Crippen LogP contribution < -0.4 is 5.32 Å². The van der Waals surface area contributed by atoms with E-state index in [0.717, 1.165) is 22.6 Å². The van der Waals surface area contributed by atoms with Crippen LogP contribution in [-0.4, -0.2) is 20.0 Å². The normalized spacial score (nSPS) is 18.2. The molecule has 4 aromatic rings. The van der Waals surface area contributed by atoms with Gasteiger partial charge in [-0.2, -0.15) is 0 Å². The van der Waals surface area contributed by atoms with Gasteiger partial charge in [-0.3, -0.25) is 9.97 Å². The molecular weight excluding hydrogens is 411 g/mol. The molecule has 1 fully saturated rings. The number of halogens is 1. The lowest BCUT2D eigenvalue weighted by molar-refractivity contribution is 0.269. The lowest BCUT2D eigenvalue weighted by Gasteiger charge is -2.26. The van der Waals surface area contributed by atoms with Crippen molar-refractivity contribution in [1.29, 1.82) is 0 Å². The Morgan fingerprint density at radius 3 is 2.52 bits per heavy atom. The molecule has 0 spiro atoms. The Morgan fingerprint density at radius 1 is 0.968 bits per heavy atom. The first-order valence-corrected chi connectivity index (χ1v) is 10.3. The maximum absolute atomic E-state index is 13.3. The van der Waals surface area contributed by atoms with E-state index in [-0.39, 0.29) is 17.9 Å². The molecule has 1 aliphatic rings. The van der Waals surface area contributed by atoms with Crippen LogP contribution in [-0.2, 0) is 6.54 Å². The molecule has 0 bridgehead atoms. The predicted molar refractivity (Wildman–Crippen MR) is 119 cm³/mol. The van der Waals surface area contributed by atoms with Gasteiger partial charge in [-0.15, -0.1) is 0 Å². The number of aromatic nitrogens is 2. The molecule has 0 amide bonds. The van der Waals surface area contributed by atoms with Gasteiger partial charge in [0, 0.05) is 30.7 Å². The summed E-state index contributed by atoms with van der Waals surface area (Å²) in [5, 5.41) is 4.05.